The number of anilines is 1. The highest BCUT2D eigenvalue weighted by Crippen LogP contribution is 2.22. The monoisotopic (exact) mass is 463 g/mol. The molecule has 8 heteroatoms. The molecule has 1 aliphatic heterocycles. The zero-order valence-electron chi connectivity index (χ0n) is 17.9. The third-order valence-electron chi connectivity index (χ3n) is 5.26. The number of aromatic nitrogens is 1. The zero-order valence-corrected chi connectivity index (χ0v) is 18.6. The molecule has 0 bridgehead atoms. The summed E-state index contributed by atoms with van der Waals surface area (Å²) in [6.07, 6.45) is 6.94. The maximum absolute atomic E-state index is 13.3. The van der Waals surface area contributed by atoms with Crippen LogP contribution < -0.4 is 4.90 Å². The van der Waals surface area contributed by atoms with Gasteiger partial charge in [0.05, 0.1) is 25.3 Å². The fourth-order valence-corrected chi connectivity index (χ4v) is 3.62. The second-order valence-corrected chi connectivity index (χ2v) is 7.93. The molecule has 1 aromatic heterocycles. The van der Waals surface area contributed by atoms with Gasteiger partial charge in [0.1, 0.15) is 12.8 Å². The smallest absolute Gasteiger partial charge is 0.242 e. The van der Waals surface area contributed by atoms with E-state index < -0.39 is 0 Å². The minimum absolute atomic E-state index is 0.0340. The average molecular weight is 464 g/mol. The van der Waals surface area contributed by atoms with Crippen molar-refractivity contribution in [3.05, 3.63) is 71.1 Å². The molecule has 7 nitrogen and oxygen atoms in total. The van der Waals surface area contributed by atoms with E-state index in [0.29, 0.717) is 54.2 Å². The van der Waals surface area contributed by atoms with Crippen LogP contribution in [0.2, 0.25) is 5.02 Å². The van der Waals surface area contributed by atoms with Crippen molar-refractivity contribution in [3.8, 4) is 23.8 Å². The van der Waals surface area contributed by atoms with Crippen LogP contribution in [-0.2, 0) is 20.7 Å². The molecule has 0 N–H and O–H groups in total. The molecule has 0 radical (unpaired) electrons. The molecule has 3 aromatic rings. The lowest BCUT2D eigenvalue weighted by atomic mass is 10.1. The fourth-order valence-electron chi connectivity index (χ4n) is 3.50. The number of nitrogens with zero attached hydrogens (tertiary/aromatic N) is 3. The van der Waals surface area contributed by atoms with Crippen molar-refractivity contribution in [2.45, 2.75) is 6.42 Å². The Morgan fingerprint density at radius 1 is 1.15 bits per heavy atom. The predicted molar refractivity (Wildman–Crippen MR) is 125 cm³/mol. The molecule has 2 aromatic carbocycles. The van der Waals surface area contributed by atoms with Gasteiger partial charge in [-0.15, -0.1) is 6.42 Å². The van der Waals surface area contributed by atoms with E-state index in [1.807, 2.05) is 0 Å². The van der Waals surface area contributed by atoms with Crippen molar-refractivity contribution in [2.75, 3.05) is 37.7 Å². The standard InChI is InChI=1S/C25H22ClN3O4/c1-2-18-4-3-5-22(14-18)29(16-24(31)28-10-12-32-13-11-28)23(30)15-21-17-33-25(27-21)19-6-8-20(26)9-7-19/h1,3-9,14,17H,10-13,15-16H2. The van der Waals surface area contributed by atoms with Gasteiger partial charge in [0.15, 0.2) is 0 Å². The van der Waals surface area contributed by atoms with Gasteiger partial charge in [0.25, 0.3) is 0 Å². The summed E-state index contributed by atoms with van der Waals surface area (Å²) in [5.41, 5.74) is 2.38. The molecule has 0 spiro atoms. The van der Waals surface area contributed by atoms with Gasteiger partial charge in [0, 0.05) is 34.9 Å². The molecule has 2 amide bonds. The summed E-state index contributed by atoms with van der Waals surface area (Å²) in [5, 5.41) is 0.607. The summed E-state index contributed by atoms with van der Waals surface area (Å²) >= 11 is 5.93. The van der Waals surface area contributed by atoms with Crippen LogP contribution in [0.1, 0.15) is 11.3 Å². The van der Waals surface area contributed by atoms with Gasteiger partial charge in [-0.25, -0.2) is 4.98 Å². The minimum Gasteiger partial charge on any atom is -0.444 e. The SMILES string of the molecule is C#Cc1cccc(N(CC(=O)N2CCOCC2)C(=O)Cc2coc(-c3ccc(Cl)cc3)n2)c1. The largest absolute Gasteiger partial charge is 0.444 e. The van der Waals surface area contributed by atoms with Gasteiger partial charge in [0.2, 0.25) is 17.7 Å². The third kappa shape index (κ3) is 5.61. The van der Waals surface area contributed by atoms with Crippen LogP contribution in [0.3, 0.4) is 0 Å². The van der Waals surface area contributed by atoms with Crippen molar-refractivity contribution < 1.29 is 18.7 Å². The van der Waals surface area contributed by atoms with Crippen LogP contribution in [0.15, 0.2) is 59.2 Å². The van der Waals surface area contributed by atoms with E-state index >= 15 is 0 Å². The molecule has 1 aliphatic rings. The summed E-state index contributed by atoms with van der Waals surface area (Å²) in [6.45, 7) is 1.87. The highest BCUT2D eigenvalue weighted by Gasteiger charge is 2.25. The highest BCUT2D eigenvalue weighted by atomic mass is 35.5. The van der Waals surface area contributed by atoms with E-state index in [9.17, 15) is 9.59 Å². The maximum Gasteiger partial charge on any atom is 0.242 e. The first kappa shape index (κ1) is 22.6. The van der Waals surface area contributed by atoms with Crippen LogP contribution in [-0.4, -0.2) is 54.5 Å². The second-order valence-electron chi connectivity index (χ2n) is 7.50. The number of halogens is 1. The maximum atomic E-state index is 13.3. The second kappa shape index (κ2) is 10.3. The van der Waals surface area contributed by atoms with Crippen molar-refractivity contribution in [1.82, 2.24) is 9.88 Å². The number of amides is 2. The summed E-state index contributed by atoms with van der Waals surface area (Å²) in [4.78, 5) is 33.8. The Morgan fingerprint density at radius 3 is 2.64 bits per heavy atom. The lowest BCUT2D eigenvalue weighted by Crippen LogP contribution is -2.47. The van der Waals surface area contributed by atoms with E-state index in [2.05, 4.69) is 10.9 Å². The molecule has 0 atom stereocenters. The number of morpholine rings is 1. The number of ether oxygens (including phenoxy) is 1. The normalized spacial score (nSPS) is 13.4. The van der Waals surface area contributed by atoms with Crippen LogP contribution in [0.5, 0.6) is 0 Å². The average Bonchev–Trinajstić information content (AvgIpc) is 3.31. The molecule has 0 saturated carbocycles. The molecular formula is C25H22ClN3O4. The minimum atomic E-state index is -0.290. The lowest BCUT2D eigenvalue weighted by Gasteiger charge is -2.30. The van der Waals surface area contributed by atoms with Crippen molar-refractivity contribution in [2.24, 2.45) is 0 Å². The van der Waals surface area contributed by atoms with E-state index in [-0.39, 0.29) is 24.8 Å². The van der Waals surface area contributed by atoms with Crippen LogP contribution >= 0.6 is 11.6 Å². The zero-order chi connectivity index (χ0) is 23.2. The first-order valence-electron chi connectivity index (χ1n) is 10.5. The highest BCUT2D eigenvalue weighted by molar-refractivity contribution is 6.30. The Morgan fingerprint density at radius 2 is 1.91 bits per heavy atom. The van der Waals surface area contributed by atoms with Gasteiger partial charge in [-0.05, 0) is 42.5 Å². The summed E-state index contributed by atoms with van der Waals surface area (Å²) in [5.74, 6) is 2.51. The molecule has 4 rings (SSSR count). The van der Waals surface area contributed by atoms with E-state index in [4.69, 9.17) is 27.2 Å². The van der Waals surface area contributed by atoms with E-state index in [1.165, 1.54) is 11.2 Å². The van der Waals surface area contributed by atoms with Crippen LogP contribution in [0, 0.1) is 12.3 Å². The number of rotatable bonds is 6. The van der Waals surface area contributed by atoms with Gasteiger partial charge in [-0.1, -0.05) is 23.6 Å². The molecular weight excluding hydrogens is 442 g/mol. The van der Waals surface area contributed by atoms with E-state index in [0.717, 1.165) is 5.56 Å². The van der Waals surface area contributed by atoms with Gasteiger partial charge in [-0.2, -0.15) is 0 Å². The number of oxazole rings is 1. The van der Waals surface area contributed by atoms with Crippen LogP contribution in [0.25, 0.3) is 11.5 Å². The molecule has 168 valence electrons. The molecule has 2 heterocycles. The molecule has 1 saturated heterocycles. The Labute approximate surface area is 196 Å². The topological polar surface area (TPSA) is 75.9 Å². The van der Waals surface area contributed by atoms with Crippen molar-refractivity contribution in [1.29, 1.82) is 0 Å². The quantitative estimate of drug-likeness (QED) is 0.524. The number of carbonyl (C=O) groups is 2. The van der Waals surface area contributed by atoms with E-state index in [1.54, 1.807) is 53.4 Å². The molecule has 33 heavy (non-hydrogen) atoms. The summed E-state index contributed by atoms with van der Waals surface area (Å²) in [6, 6.07) is 14.1. The first-order valence-corrected chi connectivity index (χ1v) is 10.8. The Balaban J connectivity index is 1.54. The van der Waals surface area contributed by atoms with Crippen molar-refractivity contribution in [3.63, 3.8) is 0 Å². The Hall–Kier alpha value is -3.60. The summed E-state index contributed by atoms with van der Waals surface area (Å²) < 4.78 is 10.9. The first-order chi connectivity index (χ1) is 16.0. The number of hydrogen-bond donors (Lipinski definition) is 0. The number of benzene rings is 2. The molecule has 0 aliphatic carbocycles. The van der Waals surface area contributed by atoms with Gasteiger partial charge >= 0.3 is 0 Å². The summed E-state index contributed by atoms with van der Waals surface area (Å²) in [7, 11) is 0. The molecule has 0 unspecified atom stereocenters. The van der Waals surface area contributed by atoms with Crippen LogP contribution in [0.4, 0.5) is 5.69 Å². The van der Waals surface area contributed by atoms with Crippen molar-refractivity contribution >= 4 is 29.1 Å². The third-order valence-corrected chi connectivity index (χ3v) is 5.51. The number of terminal acetylenes is 1. The lowest BCUT2D eigenvalue weighted by molar-refractivity contribution is -0.135. The Bertz CT molecular complexity index is 1180. The van der Waals surface area contributed by atoms with Gasteiger partial charge in [-0.3, -0.25) is 9.59 Å². The fraction of sp³-hybridized carbons (Fsp3) is 0.240. The molecule has 1 fully saturated rings. The van der Waals surface area contributed by atoms with Gasteiger partial charge < -0.3 is 19.0 Å². The Kier molecular flexibility index (Phi) is 7.08. The number of carbonyl (C=O) groups excluding carboxylic acids is 2. The number of hydrogen-bond acceptors (Lipinski definition) is 5. The predicted octanol–water partition coefficient (Wildman–Crippen LogP) is 3.41.